The summed E-state index contributed by atoms with van der Waals surface area (Å²) in [5.74, 6) is 1.73. The van der Waals surface area contributed by atoms with E-state index >= 15 is 0 Å². The third-order valence-electron chi connectivity index (χ3n) is 3.35. The lowest BCUT2D eigenvalue weighted by Gasteiger charge is -2.05. The van der Waals surface area contributed by atoms with Crippen LogP contribution in [0.4, 0.5) is 5.82 Å². The summed E-state index contributed by atoms with van der Waals surface area (Å²) in [7, 11) is 0. The van der Waals surface area contributed by atoms with Crippen LogP contribution in [0.25, 0.3) is 11.3 Å². The fraction of sp³-hybridized carbons (Fsp3) is 0.312. The van der Waals surface area contributed by atoms with Gasteiger partial charge >= 0.3 is 0 Å². The first-order valence-corrected chi connectivity index (χ1v) is 6.76. The summed E-state index contributed by atoms with van der Waals surface area (Å²) in [4.78, 5) is 4.66. The number of hydrogen-bond acceptors (Lipinski definition) is 2. The van der Waals surface area contributed by atoms with E-state index in [1.54, 1.807) is 0 Å². The minimum Gasteiger partial charge on any atom is -0.383 e. The zero-order chi connectivity index (χ0) is 13.8. The van der Waals surface area contributed by atoms with Crippen molar-refractivity contribution >= 4 is 5.82 Å². The average Bonchev–Trinajstić information content (AvgIpc) is 2.76. The van der Waals surface area contributed by atoms with Crippen molar-refractivity contribution in [3.05, 3.63) is 48.3 Å². The number of aryl methyl sites for hydroxylation is 2. The monoisotopic (exact) mass is 255 g/mol. The van der Waals surface area contributed by atoms with Crippen LogP contribution in [0.1, 0.15) is 25.2 Å². The van der Waals surface area contributed by atoms with E-state index in [0.29, 0.717) is 6.54 Å². The quantitative estimate of drug-likeness (QED) is 0.832. The van der Waals surface area contributed by atoms with Crippen molar-refractivity contribution in [2.24, 2.45) is 0 Å². The van der Waals surface area contributed by atoms with Gasteiger partial charge in [0.2, 0.25) is 0 Å². The van der Waals surface area contributed by atoms with Gasteiger partial charge in [0, 0.05) is 18.5 Å². The summed E-state index contributed by atoms with van der Waals surface area (Å²) >= 11 is 0. The molecule has 0 aliphatic heterocycles. The summed E-state index contributed by atoms with van der Waals surface area (Å²) < 4.78 is 2.02. The number of nitrogens with two attached hydrogens (primary N) is 1. The lowest BCUT2D eigenvalue weighted by Crippen LogP contribution is -2.05. The molecule has 2 rings (SSSR count). The van der Waals surface area contributed by atoms with Crippen LogP contribution in [0.15, 0.2) is 36.9 Å². The van der Waals surface area contributed by atoms with E-state index < -0.39 is 0 Å². The maximum atomic E-state index is 6.22. The van der Waals surface area contributed by atoms with Crippen molar-refractivity contribution in [1.29, 1.82) is 0 Å². The Morgan fingerprint density at radius 2 is 1.89 bits per heavy atom. The van der Waals surface area contributed by atoms with Gasteiger partial charge in [-0.1, -0.05) is 44.2 Å². The van der Waals surface area contributed by atoms with Crippen molar-refractivity contribution in [2.45, 2.75) is 33.2 Å². The molecule has 0 aliphatic rings. The maximum Gasteiger partial charge on any atom is 0.132 e. The van der Waals surface area contributed by atoms with Crippen molar-refractivity contribution in [3.8, 4) is 11.3 Å². The normalized spacial score (nSPS) is 10.6. The van der Waals surface area contributed by atoms with Gasteiger partial charge in [0.25, 0.3) is 0 Å². The van der Waals surface area contributed by atoms with Crippen LogP contribution in [-0.2, 0) is 19.4 Å². The molecule has 0 bridgehead atoms. The molecular weight excluding hydrogens is 234 g/mol. The van der Waals surface area contributed by atoms with Crippen molar-refractivity contribution in [2.75, 3.05) is 5.73 Å². The third-order valence-corrected chi connectivity index (χ3v) is 3.35. The number of nitrogen functional groups attached to an aromatic ring is 1. The van der Waals surface area contributed by atoms with Crippen molar-refractivity contribution < 1.29 is 0 Å². The van der Waals surface area contributed by atoms with E-state index in [9.17, 15) is 0 Å². The Labute approximate surface area is 114 Å². The second-order valence-corrected chi connectivity index (χ2v) is 4.57. The highest BCUT2D eigenvalue weighted by atomic mass is 15.1. The largest absolute Gasteiger partial charge is 0.383 e. The molecule has 1 aromatic carbocycles. The Balaban J connectivity index is 2.46. The van der Waals surface area contributed by atoms with Crippen LogP contribution < -0.4 is 5.73 Å². The fourth-order valence-corrected chi connectivity index (χ4v) is 2.23. The number of allylic oxidation sites excluding steroid dienone is 1. The summed E-state index contributed by atoms with van der Waals surface area (Å²) in [6.07, 6.45) is 3.76. The van der Waals surface area contributed by atoms with Gasteiger partial charge in [0.05, 0.1) is 0 Å². The molecular formula is C16H21N3. The summed E-state index contributed by atoms with van der Waals surface area (Å²) in [5.41, 5.74) is 9.50. The third kappa shape index (κ3) is 2.55. The molecule has 19 heavy (non-hydrogen) atoms. The van der Waals surface area contributed by atoms with E-state index in [0.717, 1.165) is 35.7 Å². The van der Waals surface area contributed by atoms with Gasteiger partial charge in [-0.3, -0.25) is 0 Å². The Morgan fingerprint density at radius 3 is 2.42 bits per heavy atom. The minimum atomic E-state index is 0.703. The number of nitrogens with zero attached hydrogens (tertiary/aromatic N) is 2. The van der Waals surface area contributed by atoms with Gasteiger partial charge in [0.1, 0.15) is 17.3 Å². The molecule has 0 fully saturated rings. The molecule has 0 radical (unpaired) electrons. The number of benzene rings is 1. The molecule has 0 aliphatic carbocycles. The molecule has 2 N–H and O–H groups in total. The van der Waals surface area contributed by atoms with Crippen LogP contribution in [0.5, 0.6) is 0 Å². The maximum absolute atomic E-state index is 6.22. The molecule has 0 amide bonds. The van der Waals surface area contributed by atoms with Crippen LogP contribution in [0, 0.1) is 0 Å². The lowest BCUT2D eigenvalue weighted by molar-refractivity contribution is 0.757. The topological polar surface area (TPSA) is 43.8 Å². The highest BCUT2D eigenvalue weighted by molar-refractivity contribution is 5.71. The second-order valence-electron chi connectivity index (χ2n) is 4.57. The molecule has 100 valence electrons. The standard InChI is InChI=1S/C16H21N3/c1-4-11-19-14(6-3)18-15(16(19)17)13-9-7-12(5-2)8-10-13/h4,7-10H,1,5-6,11,17H2,2-3H3. The van der Waals surface area contributed by atoms with Gasteiger partial charge in [-0.05, 0) is 12.0 Å². The predicted octanol–water partition coefficient (Wildman–Crippen LogP) is 3.44. The molecule has 0 atom stereocenters. The van der Waals surface area contributed by atoms with Gasteiger partial charge < -0.3 is 10.3 Å². The molecule has 3 heteroatoms. The first-order chi connectivity index (χ1) is 9.21. The lowest BCUT2D eigenvalue weighted by atomic mass is 10.1. The van der Waals surface area contributed by atoms with Gasteiger partial charge in [-0.25, -0.2) is 4.98 Å². The Bertz CT molecular complexity index is 564. The smallest absolute Gasteiger partial charge is 0.132 e. The zero-order valence-electron chi connectivity index (χ0n) is 11.7. The van der Waals surface area contributed by atoms with Crippen LogP contribution in [-0.4, -0.2) is 9.55 Å². The van der Waals surface area contributed by atoms with Crippen LogP contribution >= 0.6 is 0 Å². The molecule has 0 saturated carbocycles. The first kappa shape index (κ1) is 13.4. The SMILES string of the molecule is C=CCn1c(CC)nc(-c2ccc(CC)cc2)c1N. The number of hydrogen-bond donors (Lipinski definition) is 1. The van der Waals surface area contributed by atoms with E-state index in [1.807, 2.05) is 10.6 Å². The average molecular weight is 255 g/mol. The van der Waals surface area contributed by atoms with Gasteiger partial charge in [-0.15, -0.1) is 6.58 Å². The van der Waals surface area contributed by atoms with Gasteiger partial charge in [0.15, 0.2) is 0 Å². The molecule has 2 aromatic rings. The van der Waals surface area contributed by atoms with E-state index in [2.05, 4.69) is 49.7 Å². The predicted molar refractivity (Wildman–Crippen MR) is 81.0 cm³/mol. The van der Waals surface area contributed by atoms with Crippen molar-refractivity contribution in [1.82, 2.24) is 9.55 Å². The van der Waals surface area contributed by atoms with E-state index in [-0.39, 0.29) is 0 Å². The second kappa shape index (κ2) is 5.74. The Kier molecular flexibility index (Phi) is 4.05. The molecule has 0 saturated heterocycles. The highest BCUT2D eigenvalue weighted by Crippen LogP contribution is 2.27. The van der Waals surface area contributed by atoms with Crippen LogP contribution in [0.2, 0.25) is 0 Å². The van der Waals surface area contributed by atoms with Gasteiger partial charge in [-0.2, -0.15) is 0 Å². The number of aromatic nitrogens is 2. The molecule has 0 unspecified atom stereocenters. The molecule has 0 spiro atoms. The van der Waals surface area contributed by atoms with E-state index in [1.165, 1.54) is 5.56 Å². The van der Waals surface area contributed by atoms with Crippen LogP contribution in [0.3, 0.4) is 0 Å². The number of imidazole rings is 1. The Hall–Kier alpha value is -2.03. The zero-order valence-corrected chi connectivity index (χ0v) is 11.7. The summed E-state index contributed by atoms with van der Waals surface area (Å²) in [5, 5.41) is 0. The summed E-state index contributed by atoms with van der Waals surface area (Å²) in [6.45, 7) is 8.72. The minimum absolute atomic E-state index is 0.703. The Morgan fingerprint density at radius 1 is 1.21 bits per heavy atom. The number of anilines is 1. The van der Waals surface area contributed by atoms with Crippen molar-refractivity contribution in [3.63, 3.8) is 0 Å². The fourth-order valence-electron chi connectivity index (χ4n) is 2.23. The summed E-state index contributed by atoms with van der Waals surface area (Å²) in [6, 6.07) is 8.45. The highest BCUT2D eigenvalue weighted by Gasteiger charge is 2.14. The van der Waals surface area contributed by atoms with E-state index in [4.69, 9.17) is 5.73 Å². The number of rotatable bonds is 5. The first-order valence-electron chi connectivity index (χ1n) is 6.76. The molecule has 1 aromatic heterocycles. The molecule has 3 nitrogen and oxygen atoms in total. The molecule has 1 heterocycles.